The van der Waals surface area contributed by atoms with Crippen molar-refractivity contribution in [2.75, 3.05) is 12.0 Å². The van der Waals surface area contributed by atoms with Gasteiger partial charge < -0.3 is 10.4 Å². The Morgan fingerprint density at radius 1 is 1.47 bits per heavy atom. The van der Waals surface area contributed by atoms with E-state index in [0.29, 0.717) is 5.82 Å². The van der Waals surface area contributed by atoms with E-state index < -0.39 is 27.8 Å². The highest BCUT2D eigenvalue weighted by molar-refractivity contribution is 7.90. The zero-order chi connectivity index (χ0) is 14.6. The minimum Gasteiger partial charge on any atom is -0.480 e. The fraction of sp³-hybridized carbons (Fsp3) is 0.556. The molecular formula is C9H14N4O5S. The number of carboxylic acid groups (broad SMARTS) is 1. The van der Waals surface area contributed by atoms with Gasteiger partial charge in [0.05, 0.1) is 5.75 Å². The van der Waals surface area contributed by atoms with Gasteiger partial charge in [-0.15, -0.1) is 5.10 Å². The van der Waals surface area contributed by atoms with Gasteiger partial charge in [-0.3, -0.25) is 9.89 Å². The molecule has 1 unspecified atom stereocenters. The lowest BCUT2D eigenvalue weighted by atomic mass is 10.2. The molecule has 0 aliphatic rings. The van der Waals surface area contributed by atoms with Crippen molar-refractivity contribution in [3.8, 4) is 0 Å². The van der Waals surface area contributed by atoms with Crippen molar-refractivity contribution in [3.05, 3.63) is 11.6 Å². The zero-order valence-electron chi connectivity index (χ0n) is 10.4. The van der Waals surface area contributed by atoms with E-state index in [-0.39, 0.29) is 18.0 Å². The summed E-state index contributed by atoms with van der Waals surface area (Å²) in [5.74, 6) is -2.21. The number of aliphatic carboxylic acids is 1. The SMILES string of the molecule is Cc1nc(C(=O)NC(CCS(C)(=O)=O)C(=O)O)n[nH]1. The first-order chi connectivity index (χ1) is 8.69. The second-order valence-electron chi connectivity index (χ2n) is 4.03. The van der Waals surface area contributed by atoms with E-state index in [2.05, 4.69) is 20.5 Å². The molecule has 0 saturated carbocycles. The van der Waals surface area contributed by atoms with Gasteiger partial charge in [-0.05, 0) is 13.3 Å². The van der Waals surface area contributed by atoms with Gasteiger partial charge in [0.25, 0.3) is 5.91 Å². The third-order valence-corrected chi connectivity index (χ3v) is 3.16. The lowest BCUT2D eigenvalue weighted by Crippen LogP contribution is -2.42. The lowest BCUT2D eigenvalue weighted by molar-refractivity contribution is -0.139. The first-order valence-corrected chi connectivity index (χ1v) is 7.35. The van der Waals surface area contributed by atoms with E-state index in [9.17, 15) is 18.0 Å². The maximum Gasteiger partial charge on any atom is 0.326 e. The van der Waals surface area contributed by atoms with Gasteiger partial charge in [0.1, 0.15) is 21.7 Å². The number of rotatable bonds is 6. The maximum absolute atomic E-state index is 11.6. The quantitative estimate of drug-likeness (QED) is 0.593. The molecule has 19 heavy (non-hydrogen) atoms. The molecule has 0 radical (unpaired) electrons. The zero-order valence-corrected chi connectivity index (χ0v) is 11.2. The largest absolute Gasteiger partial charge is 0.480 e. The molecule has 1 heterocycles. The molecular weight excluding hydrogens is 276 g/mol. The summed E-state index contributed by atoms with van der Waals surface area (Å²) in [5, 5.41) is 17.1. The van der Waals surface area contributed by atoms with E-state index in [1.54, 1.807) is 6.92 Å². The van der Waals surface area contributed by atoms with Crippen molar-refractivity contribution in [3.63, 3.8) is 0 Å². The van der Waals surface area contributed by atoms with E-state index >= 15 is 0 Å². The lowest BCUT2D eigenvalue weighted by Gasteiger charge is -2.12. The number of aryl methyl sites for hydroxylation is 1. The van der Waals surface area contributed by atoms with Gasteiger partial charge in [0, 0.05) is 6.26 Å². The van der Waals surface area contributed by atoms with Crippen LogP contribution in [0.25, 0.3) is 0 Å². The number of nitrogens with zero attached hydrogens (tertiary/aromatic N) is 2. The van der Waals surface area contributed by atoms with Crippen molar-refractivity contribution in [1.82, 2.24) is 20.5 Å². The van der Waals surface area contributed by atoms with E-state index in [1.807, 2.05) is 0 Å². The number of hydrogen-bond donors (Lipinski definition) is 3. The summed E-state index contributed by atoms with van der Waals surface area (Å²) in [6.07, 6.45) is 0.773. The van der Waals surface area contributed by atoms with Gasteiger partial charge in [0.15, 0.2) is 0 Å². The first-order valence-electron chi connectivity index (χ1n) is 5.29. The molecule has 0 aliphatic heterocycles. The Kier molecular flexibility index (Phi) is 4.59. The molecule has 0 spiro atoms. The maximum atomic E-state index is 11.6. The molecule has 1 atom stereocenters. The monoisotopic (exact) mass is 290 g/mol. The van der Waals surface area contributed by atoms with Crippen LogP contribution >= 0.6 is 0 Å². The van der Waals surface area contributed by atoms with Crippen molar-refractivity contribution in [2.24, 2.45) is 0 Å². The summed E-state index contributed by atoms with van der Waals surface area (Å²) in [6.45, 7) is 1.59. The van der Waals surface area contributed by atoms with Crippen molar-refractivity contribution >= 4 is 21.7 Å². The Hall–Kier alpha value is -1.97. The standard InChI is InChI=1S/C9H14N4O5S/c1-5-10-7(13-12-5)8(14)11-6(9(15)16)3-4-19(2,17)18/h6H,3-4H2,1-2H3,(H,11,14)(H,15,16)(H,10,12,13). The van der Waals surface area contributed by atoms with Crippen LogP contribution in [0, 0.1) is 6.92 Å². The normalized spacial score (nSPS) is 12.9. The Balaban J connectivity index is 2.68. The van der Waals surface area contributed by atoms with Gasteiger partial charge in [-0.1, -0.05) is 0 Å². The van der Waals surface area contributed by atoms with E-state index in [0.717, 1.165) is 6.26 Å². The number of carbonyl (C=O) groups is 2. The summed E-state index contributed by atoms with van der Waals surface area (Å²) in [6, 6.07) is -1.30. The van der Waals surface area contributed by atoms with Crippen molar-refractivity contribution in [1.29, 1.82) is 0 Å². The molecule has 1 rings (SSSR count). The van der Waals surface area contributed by atoms with Crippen LogP contribution in [0.1, 0.15) is 22.9 Å². The Morgan fingerprint density at radius 3 is 2.53 bits per heavy atom. The number of nitrogens with one attached hydrogen (secondary N) is 2. The molecule has 1 aromatic heterocycles. The highest BCUT2D eigenvalue weighted by Gasteiger charge is 2.23. The molecule has 0 saturated heterocycles. The van der Waals surface area contributed by atoms with Crippen LogP contribution in [0.4, 0.5) is 0 Å². The molecule has 1 aromatic rings. The molecule has 3 N–H and O–H groups in total. The number of aromatic nitrogens is 3. The molecule has 0 aromatic carbocycles. The van der Waals surface area contributed by atoms with Gasteiger partial charge in [-0.25, -0.2) is 18.2 Å². The number of aromatic amines is 1. The van der Waals surface area contributed by atoms with Crippen LogP contribution in [-0.2, 0) is 14.6 Å². The van der Waals surface area contributed by atoms with Crippen LogP contribution < -0.4 is 5.32 Å². The molecule has 0 fully saturated rings. The molecule has 106 valence electrons. The fourth-order valence-corrected chi connectivity index (χ4v) is 1.92. The summed E-state index contributed by atoms with van der Waals surface area (Å²) >= 11 is 0. The van der Waals surface area contributed by atoms with Crippen LogP contribution in [0.15, 0.2) is 0 Å². The third-order valence-electron chi connectivity index (χ3n) is 2.18. The van der Waals surface area contributed by atoms with E-state index in [4.69, 9.17) is 5.11 Å². The summed E-state index contributed by atoms with van der Waals surface area (Å²) in [5.41, 5.74) is 0. The second-order valence-corrected chi connectivity index (χ2v) is 6.29. The molecule has 0 aliphatic carbocycles. The number of carboxylic acids is 1. The van der Waals surface area contributed by atoms with Crippen LogP contribution in [-0.4, -0.2) is 58.6 Å². The van der Waals surface area contributed by atoms with Gasteiger partial charge >= 0.3 is 5.97 Å². The number of carbonyl (C=O) groups excluding carboxylic acids is 1. The highest BCUT2D eigenvalue weighted by Crippen LogP contribution is 1.99. The fourth-order valence-electron chi connectivity index (χ4n) is 1.26. The Labute approximate surface area is 109 Å². The van der Waals surface area contributed by atoms with Gasteiger partial charge in [-0.2, -0.15) is 0 Å². The van der Waals surface area contributed by atoms with Crippen molar-refractivity contribution in [2.45, 2.75) is 19.4 Å². The number of amides is 1. The first kappa shape index (κ1) is 15.1. The number of sulfone groups is 1. The summed E-state index contributed by atoms with van der Waals surface area (Å²) in [7, 11) is -3.30. The Morgan fingerprint density at radius 2 is 2.11 bits per heavy atom. The number of hydrogen-bond acceptors (Lipinski definition) is 6. The van der Waals surface area contributed by atoms with Crippen LogP contribution in [0.5, 0.6) is 0 Å². The molecule has 0 bridgehead atoms. The van der Waals surface area contributed by atoms with Gasteiger partial charge in [0.2, 0.25) is 5.82 Å². The predicted octanol–water partition coefficient (Wildman–Crippen LogP) is -1.27. The molecule has 1 amide bonds. The second kappa shape index (κ2) is 5.78. The minimum atomic E-state index is -3.30. The highest BCUT2D eigenvalue weighted by atomic mass is 32.2. The summed E-state index contributed by atoms with van der Waals surface area (Å²) < 4.78 is 22.0. The van der Waals surface area contributed by atoms with Crippen LogP contribution in [0.2, 0.25) is 0 Å². The molecule has 9 nitrogen and oxygen atoms in total. The minimum absolute atomic E-state index is 0.192. The Bertz CT molecular complexity index is 579. The summed E-state index contributed by atoms with van der Waals surface area (Å²) in [4.78, 5) is 26.3. The van der Waals surface area contributed by atoms with Crippen LogP contribution in [0.3, 0.4) is 0 Å². The third kappa shape index (κ3) is 5.04. The number of H-pyrrole nitrogens is 1. The average Bonchev–Trinajstić information content (AvgIpc) is 2.69. The van der Waals surface area contributed by atoms with Crippen molar-refractivity contribution < 1.29 is 23.1 Å². The average molecular weight is 290 g/mol. The predicted molar refractivity (Wildman–Crippen MR) is 64.3 cm³/mol. The smallest absolute Gasteiger partial charge is 0.326 e. The topological polar surface area (TPSA) is 142 Å². The molecule has 10 heteroatoms. The van der Waals surface area contributed by atoms with E-state index in [1.165, 1.54) is 0 Å².